The number of nitrogens with one attached hydrogen (secondary N) is 1. The SMILES string of the molecule is CN1CCC(CCNC(=O)N2CCCC2)CC1. The zero-order valence-electron chi connectivity index (χ0n) is 11.0. The fourth-order valence-electron chi connectivity index (χ4n) is 2.77. The molecule has 0 bridgehead atoms. The molecule has 0 radical (unpaired) electrons. The van der Waals surface area contributed by atoms with Gasteiger partial charge in [-0.2, -0.15) is 0 Å². The molecule has 98 valence electrons. The third-order valence-electron chi connectivity index (χ3n) is 4.06. The summed E-state index contributed by atoms with van der Waals surface area (Å²) in [6.07, 6.45) is 6.06. The lowest BCUT2D eigenvalue weighted by molar-refractivity contribution is 0.199. The molecule has 0 aliphatic carbocycles. The minimum atomic E-state index is 0.149. The molecular weight excluding hydrogens is 214 g/mol. The van der Waals surface area contributed by atoms with Crippen molar-refractivity contribution >= 4 is 6.03 Å². The number of hydrogen-bond acceptors (Lipinski definition) is 2. The second kappa shape index (κ2) is 6.24. The van der Waals surface area contributed by atoms with E-state index >= 15 is 0 Å². The van der Waals surface area contributed by atoms with Crippen LogP contribution in [0, 0.1) is 5.92 Å². The fourth-order valence-corrected chi connectivity index (χ4v) is 2.77. The van der Waals surface area contributed by atoms with Crippen LogP contribution in [0.2, 0.25) is 0 Å². The van der Waals surface area contributed by atoms with E-state index in [4.69, 9.17) is 0 Å². The Morgan fingerprint density at radius 2 is 1.82 bits per heavy atom. The van der Waals surface area contributed by atoms with Crippen LogP contribution in [0.5, 0.6) is 0 Å². The lowest BCUT2D eigenvalue weighted by atomic mass is 9.94. The molecule has 4 nitrogen and oxygen atoms in total. The van der Waals surface area contributed by atoms with Crippen molar-refractivity contribution in [3.05, 3.63) is 0 Å². The van der Waals surface area contributed by atoms with E-state index in [2.05, 4.69) is 17.3 Å². The Kier molecular flexibility index (Phi) is 4.66. The second-order valence-electron chi connectivity index (χ2n) is 5.46. The topological polar surface area (TPSA) is 35.6 Å². The molecule has 2 heterocycles. The van der Waals surface area contributed by atoms with Crippen LogP contribution in [-0.2, 0) is 0 Å². The molecule has 0 aromatic rings. The molecule has 1 N–H and O–H groups in total. The molecule has 0 aromatic carbocycles. The van der Waals surface area contributed by atoms with E-state index < -0.39 is 0 Å². The highest BCUT2D eigenvalue weighted by atomic mass is 16.2. The van der Waals surface area contributed by atoms with Crippen molar-refractivity contribution in [2.75, 3.05) is 39.8 Å². The van der Waals surface area contributed by atoms with E-state index in [9.17, 15) is 4.79 Å². The number of carbonyl (C=O) groups excluding carboxylic acids is 1. The first-order valence-electron chi connectivity index (χ1n) is 6.97. The van der Waals surface area contributed by atoms with E-state index in [1.54, 1.807) is 0 Å². The highest BCUT2D eigenvalue weighted by Crippen LogP contribution is 2.18. The van der Waals surface area contributed by atoms with Gasteiger partial charge < -0.3 is 15.1 Å². The Balaban J connectivity index is 1.57. The number of carbonyl (C=O) groups is 1. The largest absolute Gasteiger partial charge is 0.338 e. The normalized spacial score (nSPS) is 23.0. The highest BCUT2D eigenvalue weighted by molar-refractivity contribution is 5.74. The van der Waals surface area contributed by atoms with Crippen LogP contribution in [0.25, 0.3) is 0 Å². The van der Waals surface area contributed by atoms with Crippen molar-refractivity contribution in [1.29, 1.82) is 0 Å². The van der Waals surface area contributed by atoms with Crippen LogP contribution < -0.4 is 5.32 Å². The molecule has 4 heteroatoms. The van der Waals surface area contributed by atoms with Gasteiger partial charge in [-0.3, -0.25) is 0 Å². The standard InChI is InChI=1S/C13H25N3O/c1-15-10-5-12(6-11-15)4-7-14-13(17)16-8-2-3-9-16/h12H,2-11H2,1H3,(H,14,17). The average Bonchev–Trinajstić information content (AvgIpc) is 2.85. The van der Waals surface area contributed by atoms with Gasteiger partial charge in [0.05, 0.1) is 0 Å². The summed E-state index contributed by atoms with van der Waals surface area (Å²) in [4.78, 5) is 16.1. The summed E-state index contributed by atoms with van der Waals surface area (Å²) in [6, 6.07) is 0.149. The van der Waals surface area contributed by atoms with Gasteiger partial charge in [-0.1, -0.05) is 0 Å². The Hall–Kier alpha value is -0.770. The lowest BCUT2D eigenvalue weighted by Crippen LogP contribution is -2.39. The molecule has 0 unspecified atom stereocenters. The molecule has 17 heavy (non-hydrogen) atoms. The van der Waals surface area contributed by atoms with Gasteiger partial charge >= 0.3 is 6.03 Å². The van der Waals surface area contributed by atoms with Gasteiger partial charge in [0, 0.05) is 19.6 Å². The van der Waals surface area contributed by atoms with E-state index in [0.29, 0.717) is 0 Å². The molecule has 0 saturated carbocycles. The minimum absolute atomic E-state index is 0.149. The van der Waals surface area contributed by atoms with E-state index in [0.717, 1.165) is 32.0 Å². The summed E-state index contributed by atoms with van der Waals surface area (Å²) in [6.45, 7) is 5.17. The Labute approximate surface area is 104 Å². The highest BCUT2D eigenvalue weighted by Gasteiger charge is 2.19. The summed E-state index contributed by atoms with van der Waals surface area (Å²) in [7, 11) is 2.19. The van der Waals surface area contributed by atoms with Crippen LogP contribution in [0.4, 0.5) is 4.79 Å². The number of hydrogen-bond donors (Lipinski definition) is 1. The van der Waals surface area contributed by atoms with Crippen molar-refractivity contribution in [3.63, 3.8) is 0 Å². The van der Waals surface area contributed by atoms with Crippen LogP contribution >= 0.6 is 0 Å². The minimum Gasteiger partial charge on any atom is -0.338 e. The van der Waals surface area contributed by atoms with Crippen LogP contribution in [-0.4, -0.2) is 55.6 Å². The number of nitrogens with zero attached hydrogens (tertiary/aromatic N) is 2. The number of urea groups is 1. The number of rotatable bonds is 3. The van der Waals surface area contributed by atoms with Gasteiger partial charge in [0.1, 0.15) is 0 Å². The quantitative estimate of drug-likeness (QED) is 0.810. The number of likely N-dealkylation sites (tertiary alicyclic amines) is 2. The summed E-state index contributed by atoms with van der Waals surface area (Å²) in [5.74, 6) is 0.810. The Bertz CT molecular complexity index is 243. The maximum atomic E-state index is 11.7. The monoisotopic (exact) mass is 239 g/mol. The number of piperidine rings is 1. The zero-order chi connectivity index (χ0) is 12.1. The van der Waals surface area contributed by atoms with Crippen molar-refractivity contribution in [1.82, 2.24) is 15.1 Å². The van der Waals surface area contributed by atoms with Gasteiger partial charge in [-0.05, 0) is 58.2 Å². The van der Waals surface area contributed by atoms with Crippen LogP contribution in [0.3, 0.4) is 0 Å². The molecule has 0 aromatic heterocycles. The molecule has 2 aliphatic rings. The summed E-state index contributed by atoms with van der Waals surface area (Å²) in [5.41, 5.74) is 0. The summed E-state index contributed by atoms with van der Waals surface area (Å²) >= 11 is 0. The first kappa shape index (κ1) is 12.7. The molecule has 2 aliphatic heterocycles. The maximum absolute atomic E-state index is 11.7. The van der Waals surface area contributed by atoms with Crippen LogP contribution in [0.1, 0.15) is 32.1 Å². The Morgan fingerprint density at radius 1 is 1.18 bits per heavy atom. The average molecular weight is 239 g/mol. The van der Waals surface area contributed by atoms with Gasteiger partial charge in [0.2, 0.25) is 0 Å². The van der Waals surface area contributed by atoms with Crippen molar-refractivity contribution in [2.45, 2.75) is 32.1 Å². The summed E-state index contributed by atoms with van der Waals surface area (Å²) < 4.78 is 0. The van der Waals surface area contributed by atoms with Crippen molar-refractivity contribution < 1.29 is 4.79 Å². The van der Waals surface area contributed by atoms with E-state index in [1.165, 1.54) is 38.8 Å². The molecule has 2 saturated heterocycles. The van der Waals surface area contributed by atoms with Gasteiger partial charge in [-0.15, -0.1) is 0 Å². The van der Waals surface area contributed by atoms with Crippen LogP contribution in [0.15, 0.2) is 0 Å². The summed E-state index contributed by atoms with van der Waals surface area (Å²) in [5, 5.41) is 3.06. The third kappa shape index (κ3) is 3.87. The van der Waals surface area contributed by atoms with Gasteiger partial charge in [0.25, 0.3) is 0 Å². The zero-order valence-corrected chi connectivity index (χ0v) is 11.0. The lowest BCUT2D eigenvalue weighted by Gasteiger charge is -2.29. The Morgan fingerprint density at radius 3 is 2.47 bits per heavy atom. The smallest absolute Gasteiger partial charge is 0.317 e. The molecule has 2 amide bonds. The first-order valence-corrected chi connectivity index (χ1v) is 6.97. The van der Waals surface area contributed by atoms with Gasteiger partial charge in [0.15, 0.2) is 0 Å². The van der Waals surface area contributed by atoms with Crippen molar-refractivity contribution in [2.24, 2.45) is 5.92 Å². The molecule has 2 fully saturated rings. The second-order valence-corrected chi connectivity index (χ2v) is 5.46. The predicted octanol–water partition coefficient (Wildman–Crippen LogP) is 1.52. The van der Waals surface area contributed by atoms with E-state index in [-0.39, 0.29) is 6.03 Å². The third-order valence-corrected chi connectivity index (χ3v) is 4.06. The maximum Gasteiger partial charge on any atom is 0.317 e. The molecule has 2 rings (SSSR count). The molecular formula is C13H25N3O. The van der Waals surface area contributed by atoms with Gasteiger partial charge in [-0.25, -0.2) is 4.79 Å². The van der Waals surface area contributed by atoms with E-state index in [1.807, 2.05) is 4.90 Å². The first-order chi connectivity index (χ1) is 8.25. The molecule has 0 spiro atoms. The molecule has 0 atom stereocenters. The predicted molar refractivity (Wildman–Crippen MR) is 69.0 cm³/mol. The number of amides is 2. The fraction of sp³-hybridized carbons (Fsp3) is 0.923. The van der Waals surface area contributed by atoms with Crippen molar-refractivity contribution in [3.8, 4) is 0 Å².